The van der Waals surface area contributed by atoms with Gasteiger partial charge in [-0.15, -0.1) is 5.10 Å². The second kappa shape index (κ2) is 2.45. The van der Waals surface area contributed by atoms with Crippen molar-refractivity contribution >= 4 is 5.82 Å². The Hall–Kier alpha value is -1.10. The molecule has 0 aliphatic heterocycles. The van der Waals surface area contributed by atoms with Gasteiger partial charge in [0, 0.05) is 6.54 Å². The van der Waals surface area contributed by atoms with Crippen LogP contribution in [0, 0.1) is 0 Å². The van der Waals surface area contributed by atoms with E-state index in [1.165, 1.54) is 0 Å². The molecule has 1 heterocycles. The fourth-order valence-corrected chi connectivity index (χ4v) is 0.559. The maximum atomic E-state index is 5.38. The third kappa shape index (κ3) is 1.17. The first-order valence-corrected chi connectivity index (χ1v) is 2.64. The quantitative estimate of drug-likeness (QED) is 0.481. The van der Waals surface area contributed by atoms with E-state index in [1.807, 2.05) is 7.05 Å². The van der Waals surface area contributed by atoms with Gasteiger partial charge in [0.25, 0.3) is 0 Å². The van der Waals surface area contributed by atoms with Gasteiger partial charge in [0.05, 0.1) is 0 Å². The molecule has 0 atom stereocenters. The number of anilines is 1. The van der Waals surface area contributed by atoms with Crippen LogP contribution < -0.4 is 11.1 Å². The van der Waals surface area contributed by atoms with Crippen molar-refractivity contribution in [2.45, 2.75) is 6.54 Å². The number of aromatic nitrogens is 3. The van der Waals surface area contributed by atoms with Crippen LogP contribution in [0.2, 0.25) is 0 Å². The fourth-order valence-electron chi connectivity index (χ4n) is 0.559. The van der Waals surface area contributed by atoms with Crippen LogP contribution in [0.5, 0.6) is 0 Å². The SMILES string of the molecule is CNCc1n[nH]nc1N. The van der Waals surface area contributed by atoms with Gasteiger partial charge in [0.2, 0.25) is 0 Å². The van der Waals surface area contributed by atoms with Gasteiger partial charge in [0.1, 0.15) is 5.69 Å². The molecule has 0 aliphatic carbocycles. The number of nitrogens with one attached hydrogen (secondary N) is 2. The summed E-state index contributed by atoms with van der Waals surface area (Å²) < 4.78 is 0. The first-order valence-electron chi connectivity index (χ1n) is 2.64. The average Bonchev–Trinajstić information content (AvgIpc) is 2.18. The molecule has 4 N–H and O–H groups in total. The van der Waals surface area contributed by atoms with Gasteiger partial charge in [-0.25, -0.2) is 0 Å². The van der Waals surface area contributed by atoms with E-state index in [0.717, 1.165) is 5.69 Å². The smallest absolute Gasteiger partial charge is 0.170 e. The van der Waals surface area contributed by atoms with Crippen molar-refractivity contribution in [1.82, 2.24) is 20.7 Å². The molecule has 0 saturated heterocycles. The standard InChI is InChI=1S/C4H9N5/c1-6-2-3-4(5)8-9-7-3/h6H,2H2,1H3,(H3,5,7,8,9). The van der Waals surface area contributed by atoms with Crippen molar-refractivity contribution in [2.75, 3.05) is 12.8 Å². The number of aromatic amines is 1. The molecule has 0 unspecified atom stereocenters. The minimum atomic E-state index is 0.462. The second-order valence-corrected chi connectivity index (χ2v) is 1.69. The third-order valence-electron chi connectivity index (χ3n) is 0.995. The lowest BCUT2D eigenvalue weighted by Gasteiger charge is -1.90. The van der Waals surface area contributed by atoms with Crippen LogP contribution >= 0.6 is 0 Å². The van der Waals surface area contributed by atoms with Crippen LogP contribution in [0.15, 0.2) is 0 Å². The number of rotatable bonds is 2. The van der Waals surface area contributed by atoms with E-state index in [4.69, 9.17) is 5.73 Å². The Kier molecular flexibility index (Phi) is 1.64. The minimum absolute atomic E-state index is 0.462. The molecule has 9 heavy (non-hydrogen) atoms. The maximum Gasteiger partial charge on any atom is 0.170 e. The molecular formula is C4H9N5. The van der Waals surface area contributed by atoms with Gasteiger partial charge in [-0.2, -0.15) is 10.3 Å². The van der Waals surface area contributed by atoms with Crippen molar-refractivity contribution < 1.29 is 0 Å². The molecular weight excluding hydrogens is 118 g/mol. The summed E-state index contributed by atoms with van der Waals surface area (Å²) in [5.74, 6) is 0.462. The molecule has 50 valence electrons. The average molecular weight is 127 g/mol. The Morgan fingerprint density at radius 3 is 2.89 bits per heavy atom. The van der Waals surface area contributed by atoms with Crippen molar-refractivity contribution in [1.29, 1.82) is 0 Å². The monoisotopic (exact) mass is 127 g/mol. The topological polar surface area (TPSA) is 79.6 Å². The molecule has 0 amide bonds. The first kappa shape index (κ1) is 6.03. The Labute approximate surface area is 52.6 Å². The van der Waals surface area contributed by atoms with Gasteiger partial charge in [0.15, 0.2) is 5.82 Å². The zero-order chi connectivity index (χ0) is 6.69. The number of hydrogen-bond donors (Lipinski definition) is 3. The zero-order valence-corrected chi connectivity index (χ0v) is 5.18. The predicted molar refractivity (Wildman–Crippen MR) is 33.6 cm³/mol. The highest BCUT2D eigenvalue weighted by Gasteiger charge is 1.99. The summed E-state index contributed by atoms with van der Waals surface area (Å²) in [6, 6.07) is 0. The Morgan fingerprint density at radius 1 is 1.67 bits per heavy atom. The summed E-state index contributed by atoms with van der Waals surface area (Å²) in [7, 11) is 1.83. The summed E-state index contributed by atoms with van der Waals surface area (Å²) >= 11 is 0. The van der Waals surface area contributed by atoms with Crippen LogP contribution in [-0.2, 0) is 6.54 Å². The molecule has 5 nitrogen and oxygen atoms in total. The first-order chi connectivity index (χ1) is 4.34. The number of nitrogen functional groups attached to an aromatic ring is 1. The highest BCUT2D eigenvalue weighted by atomic mass is 15.4. The van der Waals surface area contributed by atoms with Crippen LogP contribution in [0.3, 0.4) is 0 Å². The Balaban J connectivity index is 2.69. The van der Waals surface area contributed by atoms with Crippen LogP contribution in [0.4, 0.5) is 5.82 Å². The van der Waals surface area contributed by atoms with Gasteiger partial charge in [-0.3, -0.25) is 0 Å². The van der Waals surface area contributed by atoms with E-state index < -0.39 is 0 Å². The highest BCUT2D eigenvalue weighted by molar-refractivity contribution is 5.31. The van der Waals surface area contributed by atoms with E-state index >= 15 is 0 Å². The summed E-state index contributed by atoms with van der Waals surface area (Å²) in [5.41, 5.74) is 6.14. The maximum absolute atomic E-state index is 5.38. The lowest BCUT2D eigenvalue weighted by molar-refractivity contribution is 0.782. The van der Waals surface area contributed by atoms with Crippen molar-refractivity contribution in [3.05, 3.63) is 5.69 Å². The third-order valence-corrected chi connectivity index (χ3v) is 0.995. The summed E-state index contributed by atoms with van der Waals surface area (Å²) in [6.45, 7) is 0.655. The largest absolute Gasteiger partial charge is 0.381 e. The number of nitrogens with zero attached hydrogens (tertiary/aromatic N) is 2. The fraction of sp³-hybridized carbons (Fsp3) is 0.500. The molecule has 0 fully saturated rings. The van der Waals surface area contributed by atoms with Gasteiger partial charge in [-0.1, -0.05) is 0 Å². The number of hydrogen-bond acceptors (Lipinski definition) is 4. The van der Waals surface area contributed by atoms with Gasteiger partial charge in [-0.05, 0) is 7.05 Å². The van der Waals surface area contributed by atoms with Crippen molar-refractivity contribution in [2.24, 2.45) is 0 Å². The Bertz CT molecular complexity index is 181. The molecule has 5 heteroatoms. The predicted octanol–water partition coefficient (Wildman–Crippen LogP) is -0.894. The molecule has 0 bridgehead atoms. The molecule has 0 radical (unpaired) electrons. The van der Waals surface area contributed by atoms with E-state index in [-0.39, 0.29) is 0 Å². The van der Waals surface area contributed by atoms with Crippen LogP contribution in [0.25, 0.3) is 0 Å². The van der Waals surface area contributed by atoms with Crippen molar-refractivity contribution in [3.63, 3.8) is 0 Å². The second-order valence-electron chi connectivity index (χ2n) is 1.69. The van der Waals surface area contributed by atoms with Gasteiger partial charge >= 0.3 is 0 Å². The van der Waals surface area contributed by atoms with E-state index in [0.29, 0.717) is 12.4 Å². The van der Waals surface area contributed by atoms with Crippen LogP contribution in [0.1, 0.15) is 5.69 Å². The normalized spacial score (nSPS) is 9.89. The summed E-state index contributed by atoms with van der Waals surface area (Å²) in [4.78, 5) is 0. The lowest BCUT2D eigenvalue weighted by Crippen LogP contribution is -2.07. The summed E-state index contributed by atoms with van der Waals surface area (Å²) in [6.07, 6.45) is 0. The zero-order valence-electron chi connectivity index (χ0n) is 5.18. The Morgan fingerprint density at radius 2 is 2.44 bits per heavy atom. The van der Waals surface area contributed by atoms with Gasteiger partial charge < -0.3 is 11.1 Å². The lowest BCUT2D eigenvalue weighted by atomic mass is 10.4. The molecule has 0 spiro atoms. The van der Waals surface area contributed by atoms with E-state index in [9.17, 15) is 0 Å². The molecule has 1 rings (SSSR count). The van der Waals surface area contributed by atoms with E-state index in [2.05, 4.69) is 20.7 Å². The number of nitrogens with two attached hydrogens (primary N) is 1. The highest BCUT2D eigenvalue weighted by Crippen LogP contribution is 1.99. The minimum Gasteiger partial charge on any atom is -0.381 e. The molecule has 1 aromatic heterocycles. The van der Waals surface area contributed by atoms with E-state index in [1.54, 1.807) is 0 Å². The molecule has 0 aromatic carbocycles. The summed E-state index contributed by atoms with van der Waals surface area (Å²) in [5, 5.41) is 12.7. The number of H-pyrrole nitrogens is 1. The van der Waals surface area contributed by atoms with Crippen LogP contribution in [-0.4, -0.2) is 22.5 Å². The van der Waals surface area contributed by atoms with Crippen molar-refractivity contribution in [3.8, 4) is 0 Å². The molecule has 0 saturated carbocycles. The molecule has 1 aromatic rings. The molecule has 0 aliphatic rings.